The highest BCUT2D eigenvalue weighted by Crippen LogP contribution is 2.40. The lowest BCUT2D eigenvalue weighted by molar-refractivity contribution is -0.125. The molecule has 3 amide bonds. The van der Waals surface area contributed by atoms with Gasteiger partial charge in [0.15, 0.2) is 0 Å². The standard InChI is InChI=1S/C24H34N4O3/c1-26(2)23(30)17-12-13-19-21(15-17)28(24(31)20-11-7-8-14-27(19)20)16-22(29)25-18-9-5-3-4-6-10-18/h12-13,15,18,20H,3-11,14,16H2,1-2H3,(H,25,29)/t20-/m1/s1. The van der Waals surface area contributed by atoms with Crippen LogP contribution in [-0.2, 0) is 9.59 Å². The minimum absolute atomic E-state index is 0.00623. The first-order valence-electron chi connectivity index (χ1n) is 11.7. The number of nitrogens with zero attached hydrogens (tertiary/aromatic N) is 3. The van der Waals surface area contributed by atoms with Crippen molar-refractivity contribution in [2.45, 2.75) is 69.9 Å². The second-order valence-corrected chi connectivity index (χ2v) is 9.29. The highest BCUT2D eigenvalue weighted by atomic mass is 16.2. The van der Waals surface area contributed by atoms with E-state index >= 15 is 0 Å². The number of hydrogen-bond acceptors (Lipinski definition) is 4. The number of anilines is 2. The van der Waals surface area contributed by atoms with Crippen LogP contribution in [0.3, 0.4) is 0 Å². The molecule has 3 aliphatic rings. The molecule has 31 heavy (non-hydrogen) atoms. The second-order valence-electron chi connectivity index (χ2n) is 9.29. The van der Waals surface area contributed by atoms with E-state index in [2.05, 4.69) is 10.2 Å². The van der Waals surface area contributed by atoms with Crippen molar-refractivity contribution in [2.24, 2.45) is 0 Å². The maximum atomic E-state index is 13.4. The molecule has 0 unspecified atom stereocenters. The summed E-state index contributed by atoms with van der Waals surface area (Å²) in [5.74, 6) is -0.253. The summed E-state index contributed by atoms with van der Waals surface area (Å²) in [6.45, 7) is 0.832. The molecule has 0 bridgehead atoms. The Bertz CT molecular complexity index is 845. The number of nitrogens with one attached hydrogen (secondary N) is 1. The summed E-state index contributed by atoms with van der Waals surface area (Å²) in [5, 5.41) is 3.16. The van der Waals surface area contributed by atoms with Crippen LogP contribution in [0.1, 0.15) is 68.1 Å². The van der Waals surface area contributed by atoms with Crippen molar-refractivity contribution in [1.29, 1.82) is 0 Å². The fraction of sp³-hybridized carbons (Fsp3) is 0.625. The molecular formula is C24H34N4O3. The van der Waals surface area contributed by atoms with Crippen molar-refractivity contribution < 1.29 is 14.4 Å². The van der Waals surface area contributed by atoms with Crippen LogP contribution in [0.15, 0.2) is 18.2 Å². The van der Waals surface area contributed by atoms with Crippen LogP contribution in [-0.4, -0.2) is 61.9 Å². The number of carbonyl (C=O) groups is 3. The summed E-state index contributed by atoms with van der Waals surface area (Å²) >= 11 is 0. The average molecular weight is 427 g/mol. The van der Waals surface area contributed by atoms with Gasteiger partial charge in [0.2, 0.25) is 11.8 Å². The van der Waals surface area contributed by atoms with Gasteiger partial charge in [-0.2, -0.15) is 0 Å². The Balaban J connectivity index is 1.61. The number of amides is 3. The Morgan fingerprint density at radius 3 is 2.42 bits per heavy atom. The molecule has 4 rings (SSSR count). The van der Waals surface area contributed by atoms with E-state index < -0.39 is 0 Å². The molecule has 1 saturated heterocycles. The Hall–Kier alpha value is -2.57. The fourth-order valence-corrected chi connectivity index (χ4v) is 5.15. The lowest BCUT2D eigenvalue weighted by atomic mass is 9.95. The monoisotopic (exact) mass is 426 g/mol. The van der Waals surface area contributed by atoms with Gasteiger partial charge in [-0.25, -0.2) is 0 Å². The number of piperidine rings is 1. The van der Waals surface area contributed by atoms with E-state index in [-0.39, 0.29) is 36.3 Å². The van der Waals surface area contributed by atoms with Gasteiger partial charge in [-0.15, -0.1) is 0 Å². The molecule has 7 heteroatoms. The molecule has 1 aromatic carbocycles. The van der Waals surface area contributed by atoms with Crippen LogP contribution in [0, 0.1) is 0 Å². The molecular weight excluding hydrogens is 392 g/mol. The number of carbonyl (C=O) groups excluding carboxylic acids is 3. The van der Waals surface area contributed by atoms with Crippen LogP contribution < -0.4 is 15.1 Å². The second kappa shape index (κ2) is 9.28. The van der Waals surface area contributed by atoms with E-state index in [0.29, 0.717) is 11.3 Å². The zero-order chi connectivity index (χ0) is 22.0. The largest absolute Gasteiger partial charge is 0.358 e. The molecule has 2 aliphatic heterocycles. The normalized spacial score (nSPS) is 21.7. The van der Waals surface area contributed by atoms with Crippen LogP contribution in [0.5, 0.6) is 0 Å². The summed E-state index contributed by atoms with van der Waals surface area (Å²) in [7, 11) is 3.43. The maximum absolute atomic E-state index is 13.4. The molecule has 1 N–H and O–H groups in total. The molecule has 168 valence electrons. The van der Waals surface area contributed by atoms with Crippen molar-refractivity contribution in [1.82, 2.24) is 10.2 Å². The van der Waals surface area contributed by atoms with E-state index in [4.69, 9.17) is 0 Å². The van der Waals surface area contributed by atoms with Gasteiger partial charge in [0.05, 0.1) is 11.4 Å². The van der Waals surface area contributed by atoms with Crippen molar-refractivity contribution in [3.63, 3.8) is 0 Å². The third kappa shape index (κ3) is 4.55. The Kier molecular flexibility index (Phi) is 6.49. The quantitative estimate of drug-likeness (QED) is 0.752. The molecule has 2 heterocycles. The van der Waals surface area contributed by atoms with Crippen molar-refractivity contribution in [2.75, 3.05) is 37.0 Å². The average Bonchev–Trinajstić information content (AvgIpc) is 3.04. The lowest BCUT2D eigenvalue weighted by Crippen LogP contribution is -2.57. The van der Waals surface area contributed by atoms with Crippen molar-refractivity contribution in [3.05, 3.63) is 23.8 Å². The zero-order valence-electron chi connectivity index (χ0n) is 18.7. The van der Waals surface area contributed by atoms with E-state index in [1.165, 1.54) is 17.7 Å². The smallest absolute Gasteiger partial charge is 0.253 e. The first-order chi connectivity index (χ1) is 15.0. The summed E-state index contributed by atoms with van der Waals surface area (Å²) < 4.78 is 0. The van der Waals surface area contributed by atoms with Gasteiger partial charge < -0.3 is 15.1 Å². The van der Waals surface area contributed by atoms with Gasteiger partial charge in [0, 0.05) is 32.2 Å². The molecule has 1 atom stereocenters. The van der Waals surface area contributed by atoms with E-state index in [0.717, 1.165) is 57.2 Å². The Labute approximate surface area is 184 Å². The molecule has 1 aliphatic carbocycles. The van der Waals surface area contributed by atoms with Gasteiger partial charge in [-0.3, -0.25) is 19.3 Å². The number of hydrogen-bond donors (Lipinski definition) is 1. The lowest BCUT2D eigenvalue weighted by Gasteiger charge is -2.45. The van der Waals surface area contributed by atoms with Gasteiger partial charge in [0.1, 0.15) is 12.6 Å². The topological polar surface area (TPSA) is 73.0 Å². The highest BCUT2D eigenvalue weighted by Gasteiger charge is 2.40. The molecule has 2 fully saturated rings. The summed E-state index contributed by atoms with van der Waals surface area (Å²) in [6, 6.07) is 5.52. The minimum atomic E-state index is -0.220. The third-order valence-electron chi connectivity index (χ3n) is 6.80. The SMILES string of the molecule is CN(C)C(=O)c1ccc2c(c1)N(CC(=O)NC1CCCCCC1)C(=O)[C@H]1CCCCN21. The fourth-order valence-electron chi connectivity index (χ4n) is 5.15. The molecule has 1 aromatic rings. The maximum Gasteiger partial charge on any atom is 0.253 e. The predicted molar refractivity (Wildman–Crippen MR) is 121 cm³/mol. The molecule has 7 nitrogen and oxygen atoms in total. The third-order valence-corrected chi connectivity index (χ3v) is 6.80. The number of benzene rings is 1. The molecule has 1 saturated carbocycles. The molecule has 0 aromatic heterocycles. The summed E-state index contributed by atoms with van der Waals surface area (Å²) in [5.41, 5.74) is 2.15. The first-order valence-corrected chi connectivity index (χ1v) is 11.7. The Morgan fingerprint density at radius 2 is 1.71 bits per heavy atom. The van der Waals surface area contributed by atoms with Crippen LogP contribution in [0.4, 0.5) is 11.4 Å². The zero-order valence-corrected chi connectivity index (χ0v) is 18.7. The Morgan fingerprint density at radius 1 is 1.00 bits per heavy atom. The van der Waals surface area contributed by atoms with Crippen LogP contribution >= 0.6 is 0 Å². The first kappa shape index (κ1) is 21.7. The minimum Gasteiger partial charge on any atom is -0.358 e. The van der Waals surface area contributed by atoms with E-state index in [1.807, 2.05) is 12.1 Å². The van der Waals surface area contributed by atoms with Crippen molar-refractivity contribution in [3.8, 4) is 0 Å². The number of fused-ring (bicyclic) bond motifs is 3. The predicted octanol–water partition coefficient (Wildman–Crippen LogP) is 2.93. The highest BCUT2D eigenvalue weighted by molar-refractivity contribution is 6.09. The van der Waals surface area contributed by atoms with Crippen LogP contribution in [0.25, 0.3) is 0 Å². The van der Waals surface area contributed by atoms with Gasteiger partial charge in [-0.05, 0) is 50.3 Å². The summed E-state index contributed by atoms with van der Waals surface area (Å²) in [6.07, 6.45) is 9.62. The number of rotatable bonds is 4. The molecule has 0 radical (unpaired) electrons. The van der Waals surface area contributed by atoms with Crippen molar-refractivity contribution >= 4 is 29.1 Å². The van der Waals surface area contributed by atoms with Gasteiger partial charge in [0.25, 0.3) is 5.91 Å². The van der Waals surface area contributed by atoms with Gasteiger partial charge >= 0.3 is 0 Å². The summed E-state index contributed by atoms with van der Waals surface area (Å²) in [4.78, 5) is 44.2. The molecule has 0 spiro atoms. The van der Waals surface area contributed by atoms with E-state index in [1.54, 1.807) is 25.1 Å². The van der Waals surface area contributed by atoms with Crippen LogP contribution in [0.2, 0.25) is 0 Å². The van der Waals surface area contributed by atoms with E-state index in [9.17, 15) is 14.4 Å². The van der Waals surface area contributed by atoms with Gasteiger partial charge in [-0.1, -0.05) is 25.7 Å².